The Hall–Kier alpha value is -3.19. The molecule has 0 spiro atoms. The number of aromatic nitrogens is 2. The van der Waals surface area contributed by atoms with Crippen molar-refractivity contribution >= 4 is 28.9 Å². The van der Waals surface area contributed by atoms with E-state index in [4.69, 9.17) is 14.5 Å². The zero-order chi connectivity index (χ0) is 22.9. The molecule has 0 saturated carbocycles. The van der Waals surface area contributed by atoms with Gasteiger partial charge in [-0.05, 0) is 55.9 Å². The van der Waals surface area contributed by atoms with Gasteiger partial charge in [0, 0.05) is 18.0 Å². The normalized spacial score (nSPS) is 11.4. The van der Waals surface area contributed by atoms with Crippen LogP contribution >= 0.6 is 0 Å². The van der Waals surface area contributed by atoms with Crippen molar-refractivity contribution < 1.29 is 13.9 Å². The molecule has 0 aliphatic heterocycles. The number of hydrogen-bond acceptors (Lipinski definition) is 6. The first-order valence-electron chi connectivity index (χ1n) is 10.9. The average Bonchev–Trinajstić information content (AvgIpc) is 2.82. The molecule has 1 aromatic heterocycles. The number of benzene rings is 2. The van der Waals surface area contributed by atoms with Crippen molar-refractivity contribution in [1.29, 1.82) is 0 Å². The van der Waals surface area contributed by atoms with Crippen molar-refractivity contribution in [1.82, 2.24) is 14.9 Å². The second-order valence-corrected chi connectivity index (χ2v) is 7.35. The molecule has 3 aromatic rings. The fourth-order valence-corrected chi connectivity index (χ4v) is 3.48. The molecule has 2 aromatic carbocycles. The van der Waals surface area contributed by atoms with Crippen molar-refractivity contribution in [2.24, 2.45) is 0 Å². The summed E-state index contributed by atoms with van der Waals surface area (Å²) in [5.41, 5.74) is 1.62. The molecule has 0 radical (unpaired) electrons. The fourth-order valence-electron chi connectivity index (χ4n) is 3.48. The average molecular weight is 439 g/mol. The topological polar surface area (TPSA) is 59.5 Å². The molecule has 0 fully saturated rings. The number of fused-ring (bicyclic) bond motifs is 1. The minimum absolute atomic E-state index is 0.263. The summed E-state index contributed by atoms with van der Waals surface area (Å²) in [5, 5.41) is 4.33. The summed E-state index contributed by atoms with van der Waals surface area (Å²) in [6.07, 6.45) is 4.69. The molecule has 7 heteroatoms. The number of rotatable bonds is 11. The summed E-state index contributed by atoms with van der Waals surface area (Å²) in [5.74, 6) is 2.28. The van der Waals surface area contributed by atoms with Gasteiger partial charge < -0.3 is 19.7 Å². The van der Waals surface area contributed by atoms with Crippen LogP contribution in [0.4, 0.5) is 10.2 Å². The number of ether oxygens (including phenoxy) is 2. The van der Waals surface area contributed by atoms with Crippen molar-refractivity contribution in [3.63, 3.8) is 0 Å². The summed E-state index contributed by atoms with van der Waals surface area (Å²) >= 11 is 0. The molecule has 0 bridgehead atoms. The molecule has 0 unspecified atom stereocenters. The standard InChI is InChI=1S/C25H31FN4O2/c1-5-30(6-2)15-7-14-27-25-20-16-22(31-3)23(32-4)17-21(20)28-24(29-25)13-10-18-8-11-19(26)12-9-18/h8-13,16-17H,5-7,14-15H2,1-4H3,(H,27,28,29). The van der Waals surface area contributed by atoms with Crippen LogP contribution in [0.15, 0.2) is 36.4 Å². The van der Waals surface area contributed by atoms with E-state index < -0.39 is 0 Å². The van der Waals surface area contributed by atoms with Crippen LogP contribution in [0.5, 0.6) is 11.5 Å². The van der Waals surface area contributed by atoms with E-state index in [9.17, 15) is 4.39 Å². The maximum absolute atomic E-state index is 13.2. The van der Waals surface area contributed by atoms with Gasteiger partial charge in [0.25, 0.3) is 0 Å². The number of hydrogen-bond donors (Lipinski definition) is 1. The Morgan fingerprint density at radius 2 is 1.66 bits per heavy atom. The summed E-state index contributed by atoms with van der Waals surface area (Å²) in [7, 11) is 3.22. The van der Waals surface area contributed by atoms with E-state index >= 15 is 0 Å². The van der Waals surface area contributed by atoms with Crippen molar-refractivity contribution in [2.75, 3.05) is 45.7 Å². The Morgan fingerprint density at radius 3 is 2.31 bits per heavy atom. The van der Waals surface area contributed by atoms with Crippen molar-refractivity contribution in [3.05, 3.63) is 53.6 Å². The molecule has 0 saturated heterocycles. The number of anilines is 1. The highest BCUT2D eigenvalue weighted by molar-refractivity contribution is 5.92. The Kier molecular flexibility index (Phi) is 8.39. The molecule has 0 atom stereocenters. The highest BCUT2D eigenvalue weighted by Crippen LogP contribution is 2.34. The van der Waals surface area contributed by atoms with Gasteiger partial charge >= 0.3 is 0 Å². The van der Waals surface area contributed by atoms with Gasteiger partial charge in [0.2, 0.25) is 0 Å². The van der Waals surface area contributed by atoms with Gasteiger partial charge in [-0.3, -0.25) is 0 Å². The highest BCUT2D eigenvalue weighted by atomic mass is 19.1. The number of nitrogens with one attached hydrogen (secondary N) is 1. The SMILES string of the molecule is CCN(CC)CCCNc1nc(C=Cc2ccc(F)cc2)nc2cc(OC)c(OC)cc12. The van der Waals surface area contributed by atoms with Gasteiger partial charge in [-0.1, -0.05) is 32.1 Å². The second-order valence-electron chi connectivity index (χ2n) is 7.35. The Labute approximate surface area is 189 Å². The van der Waals surface area contributed by atoms with Gasteiger partial charge in [0.1, 0.15) is 11.6 Å². The molecule has 1 heterocycles. The molecule has 6 nitrogen and oxygen atoms in total. The molecule has 0 amide bonds. The maximum atomic E-state index is 13.2. The monoisotopic (exact) mass is 438 g/mol. The third-order valence-corrected chi connectivity index (χ3v) is 5.35. The van der Waals surface area contributed by atoms with E-state index in [2.05, 4.69) is 29.0 Å². The van der Waals surface area contributed by atoms with Gasteiger partial charge in [0.15, 0.2) is 17.3 Å². The number of methoxy groups -OCH3 is 2. The van der Waals surface area contributed by atoms with E-state index in [1.165, 1.54) is 12.1 Å². The van der Waals surface area contributed by atoms with Crippen LogP contribution < -0.4 is 14.8 Å². The molecule has 0 aliphatic rings. The summed E-state index contributed by atoms with van der Waals surface area (Å²) in [6.45, 7) is 8.25. The largest absolute Gasteiger partial charge is 0.493 e. The van der Waals surface area contributed by atoms with Crippen LogP contribution in [-0.4, -0.2) is 55.3 Å². The van der Waals surface area contributed by atoms with Crippen LogP contribution in [0.25, 0.3) is 23.1 Å². The van der Waals surface area contributed by atoms with Crippen molar-refractivity contribution in [2.45, 2.75) is 20.3 Å². The minimum Gasteiger partial charge on any atom is -0.493 e. The van der Waals surface area contributed by atoms with E-state index in [0.717, 1.165) is 54.9 Å². The third kappa shape index (κ3) is 5.95. The molecule has 32 heavy (non-hydrogen) atoms. The van der Waals surface area contributed by atoms with Crippen LogP contribution in [-0.2, 0) is 0 Å². The predicted octanol–water partition coefficient (Wildman–Crippen LogP) is 5.10. The van der Waals surface area contributed by atoms with E-state index in [1.807, 2.05) is 24.3 Å². The van der Waals surface area contributed by atoms with Gasteiger partial charge in [-0.15, -0.1) is 0 Å². The van der Waals surface area contributed by atoms with Crippen molar-refractivity contribution in [3.8, 4) is 11.5 Å². The van der Waals surface area contributed by atoms with E-state index in [1.54, 1.807) is 26.4 Å². The smallest absolute Gasteiger partial charge is 0.162 e. The number of nitrogens with zero attached hydrogens (tertiary/aromatic N) is 3. The zero-order valence-electron chi connectivity index (χ0n) is 19.2. The first-order valence-corrected chi connectivity index (χ1v) is 10.9. The lowest BCUT2D eigenvalue weighted by Crippen LogP contribution is -2.25. The van der Waals surface area contributed by atoms with Crippen LogP contribution in [0.2, 0.25) is 0 Å². The minimum atomic E-state index is -0.263. The summed E-state index contributed by atoms with van der Waals surface area (Å²) < 4.78 is 24.1. The molecule has 3 rings (SSSR count). The molecule has 1 N–H and O–H groups in total. The molecule has 170 valence electrons. The quantitative estimate of drug-likeness (QED) is 0.420. The van der Waals surface area contributed by atoms with Gasteiger partial charge in [-0.25, -0.2) is 14.4 Å². The predicted molar refractivity (Wildman–Crippen MR) is 129 cm³/mol. The lowest BCUT2D eigenvalue weighted by atomic mass is 10.2. The summed E-state index contributed by atoms with van der Waals surface area (Å²) in [4.78, 5) is 11.8. The summed E-state index contributed by atoms with van der Waals surface area (Å²) in [6, 6.07) is 10.0. The van der Waals surface area contributed by atoms with Crippen LogP contribution in [0, 0.1) is 5.82 Å². The second kappa shape index (κ2) is 11.4. The Morgan fingerprint density at radius 1 is 0.969 bits per heavy atom. The zero-order valence-corrected chi connectivity index (χ0v) is 19.2. The molecular weight excluding hydrogens is 407 g/mol. The highest BCUT2D eigenvalue weighted by Gasteiger charge is 2.12. The third-order valence-electron chi connectivity index (χ3n) is 5.35. The lowest BCUT2D eigenvalue weighted by Gasteiger charge is -2.18. The van der Waals surface area contributed by atoms with E-state index in [-0.39, 0.29) is 5.82 Å². The molecular formula is C25H31FN4O2. The van der Waals surface area contributed by atoms with Gasteiger partial charge in [0.05, 0.1) is 19.7 Å². The molecule has 0 aliphatic carbocycles. The first-order chi connectivity index (χ1) is 15.6. The number of halogens is 1. The first kappa shape index (κ1) is 23.5. The fraction of sp³-hybridized carbons (Fsp3) is 0.360. The Balaban J connectivity index is 1.91. The van der Waals surface area contributed by atoms with Crippen LogP contribution in [0.1, 0.15) is 31.7 Å². The van der Waals surface area contributed by atoms with Crippen LogP contribution in [0.3, 0.4) is 0 Å². The van der Waals surface area contributed by atoms with Gasteiger partial charge in [-0.2, -0.15) is 0 Å². The Bertz CT molecular complexity index is 1050. The lowest BCUT2D eigenvalue weighted by molar-refractivity contribution is 0.303. The van der Waals surface area contributed by atoms with E-state index in [0.29, 0.717) is 17.3 Å². The maximum Gasteiger partial charge on any atom is 0.162 e.